The molecule has 0 bridgehead atoms. The van der Waals surface area contributed by atoms with Crippen LogP contribution in [-0.4, -0.2) is 29.8 Å². The van der Waals surface area contributed by atoms with E-state index in [1.807, 2.05) is 38.1 Å². The van der Waals surface area contributed by atoms with Gasteiger partial charge in [0.05, 0.1) is 6.04 Å². The van der Waals surface area contributed by atoms with Crippen LogP contribution < -0.4 is 0 Å². The summed E-state index contributed by atoms with van der Waals surface area (Å²) in [5, 5.41) is 0. The molecule has 1 unspecified atom stereocenters. The molecule has 2 nitrogen and oxygen atoms in total. The molecular weight excluding hydrogens is 198 g/mol. The van der Waals surface area contributed by atoms with Crippen LogP contribution in [0.4, 0.5) is 0 Å². The predicted molar refractivity (Wildman–Crippen MR) is 67.9 cm³/mol. The Kier molecular flexibility index (Phi) is 4.69. The lowest BCUT2D eigenvalue weighted by Gasteiger charge is -2.25. The van der Waals surface area contributed by atoms with Gasteiger partial charge in [0.25, 0.3) is 0 Å². The van der Waals surface area contributed by atoms with Crippen molar-refractivity contribution >= 4 is 5.78 Å². The summed E-state index contributed by atoms with van der Waals surface area (Å²) in [5.41, 5.74) is 2.00. The molecule has 0 spiro atoms. The molecule has 0 aromatic heterocycles. The molecular formula is C14H21NO. The van der Waals surface area contributed by atoms with E-state index in [1.54, 1.807) is 0 Å². The molecule has 0 saturated carbocycles. The Hall–Kier alpha value is -1.15. The van der Waals surface area contributed by atoms with Gasteiger partial charge in [-0.25, -0.2) is 0 Å². The van der Waals surface area contributed by atoms with E-state index >= 15 is 0 Å². The number of hydrogen-bond donors (Lipinski definition) is 0. The minimum atomic E-state index is -0.0299. The predicted octanol–water partition coefficient (Wildman–Crippen LogP) is 2.91. The average Bonchev–Trinajstić information content (AvgIpc) is 2.30. The summed E-state index contributed by atoms with van der Waals surface area (Å²) in [5.74, 6) is 0.212. The van der Waals surface area contributed by atoms with Gasteiger partial charge < -0.3 is 0 Å². The van der Waals surface area contributed by atoms with Crippen LogP contribution in [0.3, 0.4) is 0 Å². The first kappa shape index (κ1) is 12.9. The zero-order valence-corrected chi connectivity index (χ0v) is 10.7. The number of benzene rings is 1. The summed E-state index contributed by atoms with van der Waals surface area (Å²) in [6, 6.07) is 7.78. The molecule has 0 aliphatic heterocycles. The highest BCUT2D eigenvalue weighted by Gasteiger charge is 2.19. The van der Waals surface area contributed by atoms with Gasteiger partial charge in [-0.3, -0.25) is 9.69 Å². The maximum Gasteiger partial charge on any atom is 0.179 e. The third-order valence-electron chi connectivity index (χ3n) is 3.08. The average molecular weight is 219 g/mol. The molecule has 0 radical (unpaired) electrons. The summed E-state index contributed by atoms with van der Waals surface area (Å²) in [7, 11) is 0. The van der Waals surface area contributed by atoms with Crippen molar-refractivity contribution in [2.24, 2.45) is 0 Å². The Bertz CT molecular complexity index is 338. The second-order valence-electron chi connectivity index (χ2n) is 4.13. The van der Waals surface area contributed by atoms with Gasteiger partial charge in [-0.1, -0.05) is 43.7 Å². The van der Waals surface area contributed by atoms with Crippen molar-refractivity contribution in [2.75, 3.05) is 13.1 Å². The molecule has 0 saturated heterocycles. The first-order chi connectivity index (χ1) is 7.60. The van der Waals surface area contributed by atoms with Gasteiger partial charge in [0.15, 0.2) is 5.78 Å². The molecule has 0 N–H and O–H groups in total. The van der Waals surface area contributed by atoms with Crippen molar-refractivity contribution in [1.82, 2.24) is 4.90 Å². The van der Waals surface area contributed by atoms with E-state index in [-0.39, 0.29) is 11.8 Å². The van der Waals surface area contributed by atoms with Gasteiger partial charge in [0.2, 0.25) is 0 Å². The normalized spacial score (nSPS) is 12.8. The van der Waals surface area contributed by atoms with Gasteiger partial charge in [-0.2, -0.15) is 0 Å². The Balaban J connectivity index is 2.81. The van der Waals surface area contributed by atoms with Crippen molar-refractivity contribution in [2.45, 2.75) is 33.7 Å². The maximum absolute atomic E-state index is 12.2. The highest BCUT2D eigenvalue weighted by molar-refractivity contribution is 5.99. The Morgan fingerprint density at radius 3 is 2.12 bits per heavy atom. The minimum absolute atomic E-state index is 0.0299. The van der Waals surface area contributed by atoms with Crippen molar-refractivity contribution < 1.29 is 4.79 Å². The van der Waals surface area contributed by atoms with Gasteiger partial charge in [0, 0.05) is 5.56 Å². The third-order valence-corrected chi connectivity index (χ3v) is 3.08. The zero-order valence-electron chi connectivity index (χ0n) is 10.7. The van der Waals surface area contributed by atoms with Gasteiger partial charge in [0.1, 0.15) is 0 Å². The molecule has 0 amide bonds. The summed E-state index contributed by atoms with van der Waals surface area (Å²) >= 11 is 0. The maximum atomic E-state index is 12.2. The Labute approximate surface area is 98.3 Å². The third kappa shape index (κ3) is 2.92. The van der Waals surface area contributed by atoms with E-state index < -0.39 is 0 Å². The lowest BCUT2D eigenvalue weighted by atomic mass is 10.0. The monoisotopic (exact) mass is 219 g/mol. The van der Waals surface area contributed by atoms with E-state index in [9.17, 15) is 4.79 Å². The number of ketones is 1. The van der Waals surface area contributed by atoms with E-state index in [2.05, 4.69) is 18.7 Å². The molecule has 1 aromatic carbocycles. The summed E-state index contributed by atoms with van der Waals surface area (Å²) < 4.78 is 0. The van der Waals surface area contributed by atoms with Gasteiger partial charge >= 0.3 is 0 Å². The van der Waals surface area contributed by atoms with Gasteiger partial charge in [-0.05, 0) is 26.9 Å². The first-order valence-corrected chi connectivity index (χ1v) is 5.95. The Morgan fingerprint density at radius 1 is 1.19 bits per heavy atom. The summed E-state index contributed by atoms with van der Waals surface area (Å²) in [6.07, 6.45) is 0. The molecule has 1 aromatic rings. The highest BCUT2D eigenvalue weighted by atomic mass is 16.1. The molecule has 0 aliphatic carbocycles. The van der Waals surface area contributed by atoms with E-state index in [4.69, 9.17) is 0 Å². The van der Waals surface area contributed by atoms with Crippen LogP contribution >= 0.6 is 0 Å². The van der Waals surface area contributed by atoms with Crippen LogP contribution in [0, 0.1) is 6.92 Å². The molecule has 88 valence electrons. The number of carbonyl (C=O) groups excluding carboxylic acids is 1. The molecule has 0 heterocycles. The van der Waals surface area contributed by atoms with E-state index in [0.29, 0.717) is 0 Å². The van der Waals surface area contributed by atoms with Crippen molar-refractivity contribution in [3.8, 4) is 0 Å². The number of carbonyl (C=O) groups is 1. The lowest BCUT2D eigenvalue weighted by molar-refractivity contribution is 0.0851. The van der Waals surface area contributed by atoms with Gasteiger partial charge in [-0.15, -0.1) is 0 Å². The highest BCUT2D eigenvalue weighted by Crippen LogP contribution is 2.10. The first-order valence-electron chi connectivity index (χ1n) is 5.95. The Morgan fingerprint density at radius 2 is 1.69 bits per heavy atom. The second kappa shape index (κ2) is 5.80. The van der Waals surface area contributed by atoms with Crippen molar-refractivity contribution in [1.29, 1.82) is 0 Å². The molecule has 0 fully saturated rings. The van der Waals surface area contributed by atoms with Crippen LogP contribution in [0.15, 0.2) is 24.3 Å². The van der Waals surface area contributed by atoms with Crippen LogP contribution in [-0.2, 0) is 0 Å². The number of Topliss-reactive ketones (excluding diaryl/α,β-unsaturated/α-hetero) is 1. The molecule has 16 heavy (non-hydrogen) atoms. The second-order valence-corrected chi connectivity index (χ2v) is 4.13. The summed E-state index contributed by atoms with van der Waals surface area (Å²) in [6.45, 7) is 10.0. The topological polar surface area (TPSA) is 20.3 Å². The molecule has 1 rings (SSSR count). The number of likely N-dealkylation sites (N-methyl/N-ethyl adjacent to an activating group) is 1. The fraction of sp³-hybridized carbons (Fsp3) is 0.500. The van der Waals surface area contributed by atoms with Crippen molar-refractivity contribution in [3.05, 3.63) is 35.4 Å². The van der Waals surface area contributed by atoms with Crippen LogP contribution in [0.2, 0.25) is 0 Å². The number of rotatable bonds is 5. The SMILES string of the molecule is CCN(CC)C(C)C(=O)c1ccc(C)cc1. The standard InChI is InChI=1S/C14H21NO/c1-5-15(6-2)12(4)14(16)13-9-7-11(3)8-10-13/h7-10,12H,5-6H2,1-4H3. The number of hydrogen-bond acceptors (Lipinski definition) is 2. The van der Waals surface area contributed by atoms with Crippen molar-refractivity contribution in [3.63, 3.8) is 0 Å². The molecule has 0 aliphatic rings. The lowest BCUT2D eigenvalue weighted by Crippen LogP contribution is -2.38. The fourth-order valence-electron chi connectivity index (χ4n) is 1.90. The van der Waals surface area contributed by atoms with Crippen LogP contribution in [0.25, 0.3) is 0 Å². The minimum Gasteiger partial charge on any atom is -0.294 e. The quantitative estimate of drug-likeness (QED) is 0.710. The zero-order chi connectivity index (χ0) is 12.1. The largest absolute Gasteiger partial charge is 0.294 e. The van der Waals surface area contributed by atoms with E-state index in [1.165, 1.54) is 5.56 Å². The smallest absolute Gasteiger partial charge is 0.179 e. The van der Waals surface area contributed by atoms with Crippen LogP contribution in [0.5, 0.6) is 0 Å². The molecule has 2 heteroatoms. The fourth-order valence-corrected chi connectivity index (χ4v) is 1.90. The van der Waals surface area contributed by atoms with Crippen LogP contribution in [0.1, 0.15) is 36.7 Å². The molecule has 1 atom stereocenters. The number of aryl methyl sites for hydroxylation is 1. The van der Waals surface area contributed by atoms with E-state index in [0.717, 1.165) is 18.7 Å². The summed E-state index contributed by atoms with van der Waals surface area (Å²) in [4.78, 5) is 14.3. The number of nitrogens with zero attached hydrogens (tertiary/aromatic N) is 1.